The lowest BCUT2D eigenvalue weighted by molar-refractivity contribution is -0.143. The van der Waals surface area contributed by atoms with Crippen molar-refractivity contribution in [1.82, 2.24) is 9.62 Å². The third-order valence-corrected chi connectivity index (χ3v) is 8.09. The fourth-order valence-corrected chi connectivity index (χ4v) is 5.25. The van der Waals surface area contributed by atoms with E-state index in [1.165, 1.54) is 12.1 Å². The van der Waals surface area contributed by atoms with Crippen LogP contribution in [0.4, 0.5) is 26.3 Å². The molecule has 3 aromatic carbocycles. The van der Waals surface area contributed by atoms with Crippen LogP contribution in [0.5, 0.6) is 0 Å². The van der Waals surface area contributed by atoms with Gasteiger partial charge in [0.05, 0.1) is 21.6 Å². The van der Waals surface area contributed by atoms with E-state index in [9.17, 15) is 49.1 Å². The van der Waals surface area contributed by atoms with Crippen LogP contribution in [-0.4, -0.2) is 49.3 Å². The van der Waals surface area contributed by atoms with Crippen molar-refractivity contribution in [1.29, 1.82) is 0 Å². The van der Waals surface area contributed by atoms with Gasteiger partial charge in [-0.3, -0.25) is 9.59 Å². The van der Waals surface area contributed by atoms with Gasteiger partial charge in [-0.1, -0.05) is 23.7 Å². The van der Waals surface area contributed by atoms with Crippen molar-refractivity contribution in [3.05, 3.63) is 99.6 Å². The normalized spacial score (nSPS) is 12.8. The number of benzene rings is 3. The minimum atomic E-state index is -5.19. The Kier molecular flexibility index (Phi) is 10.4. The minimum Gasteiger partial charge on any atom is -0.478 e. The number of hydrogen-bond donors (Lipinski definition) is 2. The molecule has 0 saturated heterocycles. The van der Waals surface area contributed by atoms with Crippen LogP contribution < -0.4 is 4.72 Å². The highest BCUT2D eigenvalue weighted by Gasteiger charge is 2.38. The first-order chi connectivity index (χ1) is 20.3. The molecule has 8 nitrogen and oxygen atoms in total. The summed E-state index contributed by atoms with van der Waals surface area (Å²) in [5.74, 6) is -3.54. The number of hydrogen-bond acceptors (Lipinski definition) is 5. The number of carboxylic acids is 1. The number of amides is 2. The first-order valence-corrected chi connectivity index (χ1v) is 14.3. The molecule has 44 heavy (non-hydrogen) atoms. The summed E-state index contributed by atoms with van der Waals surface area (Å²) in [6.45, 7) is 0. The van der Waals surface area contributed by atoms with Gasteiger partial charge < -0.3 is 10.0 Å². The SMILES string of the molecule is CN(C(=O)c1cc(C(F)(F)F)cc(C(F)(F)F)c1)C(CCC(=O)NS(=O)(=O)c1ccc(C(=O)O)cc1)Cc1ccc(Cl)cc1. The summed E-state index contributed by atoms with van der Waals surface area (Å²) in [5, 5.41) is 9.33. The van der Waals surface area contributed by atoms with Crippen LogP contribution in [0, 0.1) is 0 Å². The zero-order chi connectivity index (χ0) is 33.0. The average Bonchev–Trinajstić information content (AvgIpc) is 2.94. The third-order valence-electron chi connectivity index (χ3n) is 6.45. The molecule has 0 heterocycles. The molecule has 3 rings (SSSR count). The Morgan fingerprint density at radius 2 is 1.39 bits per heavy atom. The molecule has 0 spiro atoms. The monoisotopic (exact) mass is 664 g/mol. The summed E-state index contributed by atoms with van der Waals surface area (Å²) in [5.41, 5.74) is -3.91. The molecular formula is C28H23ClF6N2O6S. The van der Waals surface area contributed by atoms with Gasteiger partial charge in [0.2, 0.25) is 5.91 Å². The number of likely N-dealkylation sites (N-methyl/N-ethyl adjacent to an activating group) is 1. The summed E-state index contributed by atoms with van der Waals surface area (Å²) in [6.07, 6.45) is -11.2. The van der Waals surface area contributed by atoms with Gasteiger partial charge in [0.15, 0.2) is 0 Å². The average molecular weight is 665 g/mol. The van der Waals surface area contributed by atoms with Crippen molar-refractivity contribution >= 4 is 39.4 Å². The first-order valence-electron chi connectivity index (χ1n) is 12.5. The molecule has 236 valence electrons. The molecule has 0 aliphatic carbocycles. The summed E-state index contributed by atoms with van der Waals surface area (Å²) < 4.78 is 107. The Balaban J connectivity index is 1.87. The highest BCUT2D eigenvalue weighted by molar-refractivity contribution is 7.90. The maximum atomic E-state index is 13.4. The Bertz CT molecular complexity index is 1610. The highest BCUT2D eigenvalue weighted by atomic mass is 35.5. The summed E-state index contributed by atoms with van der Waals surface area (Å²) in [4.78, 5) is 37.4. The van der Waals surface area contributed by atoms with Crippen LogP contribution in [0.2, 0.25) is 5.02 Å². The largest absolute Gasteiger partial charge is 0.478 e. The fraction of sp³-hybridized carbons (Fsp3) is 0.250. The number of rotatable bonds is 10. The maximum Gasteiger partial charge on any atom is 0.416 e. The number of carbonyl (C=O) groups excluding carboxylic acids is 2. The molecule has 0 bridgehead atoms. The van der Waals surface area contributed by atoms with E-state index in [-0.39, 0.29) is 24.5 Å². The smallest absolute Gasteiger partial charge is 0.416 e. The van der Waals surface area contributed by atoms with Crippen LogP contribution >= 0.6 is 11.6 Å². The van der Waals surface area contributed by atoms with Gasteiger partial charge in [-0.2, -0.15) is 26.3 Å². The molecule has 2 amide bonds. The van der Waals surface area contributed by atoms with Crippen molar-refractivity contribution in [3.8, 4) is 0 Å². The molecule has 1 atom stereocenters. The van der Waals surface area contributed by atoms with Gasteiger partial charge in [0, 0.05) is 30.1 Å². The fourth-order valence-electron chi connectivity index (χ4n) is 4.11. The van der Waals surface area contributed by atoms with Crippen molar-refractivity contribution in [2.75, 3.05) is 7.05 Å². The second-order valence-electron chi connectivity index (χ2n) is 9.59. The van der Waals surface area contributed by atoms with Gasteiger partial charge in [-0.15, -0.1) is 0 Å². The quantitative estimate of drug-likeness (QED) is 0.255. The van der Waals surface area contributed by atoms with Crippen molar-refractivity contribution < 1.29 is 54.3 Å². The Morgan fingerprint density at radius 1 is 0.864 bits per heavy atom. The molecular weight excluding hydrogens is 642 g/mol. The number of nitrogens with one attached hydrogen (secondary N) is 1. The Labute approximate surface area is 252 Å². The lowest BCUT2D eigenvalue weighted by Crippen LogP contribution is -2.40. The number of carbonyl (C=O) groups is 3. The Hall–Kier alpha value is -4.11. The van der Waals surface area contributed by atoms with E-state index in [2.05, 4.69) is 0 Å². The van der Waals surface area contributed by atoms with Crippen molar-refractivity contribution in [2.24, 2.45) is 0 Å². The van der Waals surface area contributed by atoms with E-state index in [1.54, 1.807) is 12.1 Å². The standard InChI is InChI=1S/C28H23ClF6N2O6S/c1-37(25(39)18-13-19(27(30,31)32)15-20(14-18)28(33,34)35)22(12-16-2-6-21(29)7-3-16)8-11-24(38)36-44(42,43)23-9-4-17(5-10-23)26(40)41/h2-7,9-10,13-15,22H,8,11-12H2,1H3,(H,36,38)(H,40,41). The maximum absolute atomic E-state index is 13.4. The molecule has 3 aromatic rings. The van der Waals surface area contributed by atoms with Gasteiger partial charge in [0.25, 0.3) is 15.9 Å². The van der Waals surface area contributed by atoms with Crippen LogP contribution in [0.3, 0.4) is 0 Å². The van der Waals surface area contributed by atoms with Crippen LogP contribution in [-0.2, 0) is 33.6 Å². The van der Waals surface area contributed by atoms with Gasteiger partial charge in [0.1, 0.15) is 0 Å². The summed E-state index contributed by atoms with van der Waals surface area (Å²) in [6, 6.07) is 9.58. The highest BCUT2D eigenvalue weighted by Crippen LogP contribution is 2.36. The topological polar surface area (TPSA) is 121 Å². The van der Waals surface area contributed by atoms with E-state index in [4.69, 9.17) is 16.7 Å². The van der Waals surface area contributed by atoms with Crippen molar-refractivity contribution in [2.45, 2.75) is 42.6 Å². The van der Waals surface area contributed by atoms with Crippen LogP contribution in [0.25, 0.3) is 0 Å². The number of alkyl halides is 6. The molecule has 0 radical (unpaired) electrons. The zero-order valence-corrected chi connectivity index (χ0v) is 24.1. The lowest BCUT2D eigenvalue weighted by Gasteiger charge is -2.29. The summed E-state index contributed by atoms with van der Waals surface area (Å²) >= 11 is 5.90. The van der Waals surface area contributed by atoms with E-state index in [0.717, 1.165) is 36.2 Å². The van der Waals surface area contributed by atoms with E-state index < -0.39 is 74.2 Å². The zero-order valence-electron chi connectivity index (χ0n) is 22.5. The molecule has 1 unspecified atom stereocenters. The van der Waals surface area contributed by atoms with E-state index in [0.29, 0.717) is 22.7 Å². The molecule has 0 aromatic heterocycles. The predicted octanol–water partition coefficient (Wildman–Crippen LogP) is 6.04. The molecule has 2 N–H and O–H groups in total. The van der Waals surface area contributed by atoms with Gasteiger partial charge in [-0.05, 0) is 73.0 Å². The van der Waals surface area contributed by atoms with Crippen LogP contribution in [0.15, 0.2) is 71.6 Å². The number of aromatic carboxylic acids is 1. The molecule has 0 saturated carbocycles. The number of halogens is 7. The van der Waals surface area contributed by atoms with E-state index in [1.807, 2.05) is 4.72 Å². The molecule has 16 heteroatoms. The number of nitrogens with zero attached hydrogens (tertiary/aromatic N) is 1. The van der Waals surface area contributed by atoms with Gasteiger partial charge >= 0.3 is 18.3 Å². The van der Waals surface area contributed by atoms with Gasteiger partial charge in [-0.25, -0.2) is 17.9 Å². The second-order valence-corrected chi connectivity index (χ2v) is 11.7. The molecule has 0 fully saturated rings. The first kappa shape index (κ1) is 34.4. The van der Waals surface area contributed by atoms with Crippen LogP contribution in [0.1, 0.15) is 50.2 Å². The molecule has 0 aliphatic heterocycles. The second kappa shape index (κ2) is 13.3. The molecule has 0 aliphatic rings. The minimum absolute atomic E-state index is 0.0266. The van der Waals surface area contributed by atoms with Crippen molar-refractivity contribution in [3.63, 3.8) is 0 Å². The third kappa shape index (κ3) is 8.95. The predicted molar refractivity (Wildman–Crippen MR) is 145 cm³/mol. The van der Waals surface area contributed by atoms with E-state index >= 15 is 0 Å². The number of carboxylic acid groups (broad SMARTS) is 1. The Morgan fingerprint density at radius 3 is 1.86 bits per heavy atom. The number of sulfonamides is 1. The lowest BCUT2D eigenvalue weighted by atomic mass is 9.98. The summed E-state index contributed by atoms with van der Waals surface area (Å²) in [7, 11) is -3.30.